The molecule has 134 valence electrons. The maximum absolute atomic E-state index is 12.8. The van der Waals surface area contributed by atoms with Crippen LogP contribution in [0.25, 0.3) is 0 Å². The molecular weight excluding hydrogens is 333 g/mol. The Labute approximate surface area is 143 Å². The number of halogens is 3. The van der Waals surface area contributed by atoms with Gasteiger partial charge in [0.1, 0.15) is 17.5 Å². The van der Waals surface area contributed by atoms with Crippen molar-refractivity contribution in [3.63, 3.8) is 0 Å². The highest BCUT2D eigenvalue weighted by atomic mass is 19.4. The standard InChI is InChI=1S/C18H19F3N2O2/c1-22-9-3-6-16(22)17(24)23-10-7-14(8-11-23)25-15-5-2-4-13(12-15)18(19,20)21/h2-6,9,12,14H,7-8,10-11H2,1H3. The molecule has 4 nitrogen and oxygen atoms in total. The van der Waals surface area contributed by atoms with E-state index in [1.807, 2.05) is 19.3 Å². The first-order chi connectivity index (χ1) is 11.8. The first kappa shape index (κ1) is 17.4. The molecule has 1 aliphatic heterocycles. The number of carbonyl (C=O) groups is 1. The van der Waals surface area contributed by atoms with Gasteiger partial charge in [-0.05, 0) is 30.3 Å². The van der Waals surface area contributed by atoms with E-state index < -0.39 is 11.7 Å². The summed E-state index contributed by atoms with van der Waals surface area (Å²) in [6.45, 7) is 1.04. The summed E-state index contributed by atoms with van der Waals surface area (Å²) in [5.74, 6) is 0.173. The summed E-state index contributed by atoms with van der Waals surface area (Å²) in [4.78, 5) is 14.2. The molecule has 0 unspecified atom stereocenters. The van der Waals surface area contributed by atoms with Crippen molar-refractivity contribution in [2.45, 2.75) is 25.1 Å². The van der Waals surface area contributed by atoms with Crippen molar-refractivity contribution in [2.75, 3.05) is 13.1 Å². The lowest BCUT2D eigenvalue weighted by atomic mass is 10.1. The summed E-state index contributed by atoms with van der Waals surface area (Å²) in [6.07, 6.45) is -1.58. The predicted molar refractivity (Wildman–Crippen MR) is 86.4 cm³/mol. The molecule has 1 aliphatic rings. The molecule has 1 aromatic carbocycles. The molecule has 1 saturated heterocycles. The molecule has 0 aliphatic carbocycles. The Morgan fingerprint density at radius 3 is 2.48 bits per heavy atom. The number of hydrogen-bond donors (Lipinski definition) is 0. The van der Waals surface area contributed by atoms with Crippen LogP contribution in [0.5, 0.6) is 5.75 Å². The van der Waals surface area contributed by atoms with Gasteiger partial charge in [-0.1, -0.05) is 6.07 Å². The first-order valence-electron chi connectivity index (χ1n) is 8.09. The lowest BCUT2D eigenvalue weighted by molar-refractivity contribution is -0.137. The molecule has 0 bridgehead atoms. The van der Waals surface area contributed by atoms with E-state index in [4.69, 9.17) is 4.74 Å². The van der Waals surface area contributed by atoms with Gasteiger partial charge in [0, 0.05) is 39.2 Å². The number of nitrogens with zero attached hydrogens (tertiary/aromatic N) is 2. The molecule has 0 spiro atoms. The Hall–Kier alpha value is -2.44. The van der Waals surface area contributed by atoms with Crippen molar-refractivity contribution < 1.29 is 22.7 Å². The van der Waals surface area contributed by atoms with Crippen LogP contribution in [-0.2, 0) is 13.2 Å². The average Bonchev–Trinajstić information content (AvgIpc) is 3.00. The van der Waals surface area contributed by atoms with E-state index in [1.54, 1.807) is 15.5 Å². The number of carbonyl (C=O) groups excluding carboxylic acids is 1. The molecule has 0 N–H and O–H groups in total. The number of benzene rings is 1. The zero-order valence-corrected chi connectivity index (χ0v) is 13.8. The fraction of sp³-hybridized carbons (Fsp3) is 0.389. The third-order valence-corrected chi connectivity index (χ3v) is 4.36. The van der Waals surface area contributed by atoms with Crippen molar-refractivity contribution in [2.24, 2.45) is 7.05 Å². The third-order valence-electron chi connectivity index (χ3n) is 4.36. The van der Waals surface area contributed by atoms with E-state index in [0.29, 0.717) is 31.6 Å². The van der Waals surface area contributed by atoms with Crippen LogP contribution in [-0.4, -0.2) is 34.6 Å². The summed E-state index contributed by atoms with van der Waals surface area (Å²) in [5.41, 5.74) is -0.0985. The number of alkyl halides is 3. The first-order valence-corrected chi connectivity index (χ1v) is 8.09. The minimum absolute atomic E-state index is 0.0370. The maximum atomic E-state index is 12.8. The van der Waals surface area contributed by atoms with Gasteiger partial charge in [-0.25, -0.2) is 0 Å². The lowest BCUT2D eigenvalue weighted by Crippen LogP contribution is -2.42. The molecule has 2 aromatic rings. The SMILES string of the molecule is Cn1cccc1C(=O)N1CCC(Oc2cccc(C(F)(F)F)c2)CC1. The maximum Gasteiger partial charge on any atom is 0.416 e. The number of hydrogen-bond acceptors (Lipinski definition) is 2. The number of piperidine rings is 1. The van der Waals surface area contributed by atoms with E-state index in [1.165, 1.54) is 12.1 Å². The Morgan fingerprint density at radius 2 is 1.88 bits per heavy atom. The van der Waals surface area contributed by atoms with Crippen molar-refractivity contribution in [3.05, 3.63) is 53.9 Å². The second-order valence-corrected chi connectivity index (χ2v) is 6.14. The number of ether oxygens (including phenoxy) is 1. The topological polar surface area (TPSA) is 34.5 Å². The summed E-state index contributed by atoms with van der Waals surface area (Å²) in [5, 5.41) is 0. The van der Waals surface area contributed by atoms with Crippen LogP contribution in [0.2, 0.25) is 0 Å². The zero-order valence-electron chi connectivity index (χ0n) is 13.8. The summed E-state index contributed by atoms with van der Waals surface area (Å²) in [7, 11) is 1.82. The Bertz CT molecular complexity index is 747. The van der Waals surface area contributed by atoms with Crippen molar-refractivity contribution in [3.8, 4) is 5.75 Å². The molecule has 0 saturated carbocycles. The number of aromatic nitrogens is 1. The summed E-state index contributed by atoms with van der Waals surface area (Å²) in [6, 6.07) is 8.49. The highest BCUT2D eigenvalue weighted by molar-refractivity contribution is 5.92. The molecule has 2 heterocycles. The van der Waals surface area contributed by atoms with Gasteiger partial charge in [0.25, 0.3) is 5.91 Å². The number of aryl methyl sites for hydroxylation is 1. The monoisotopic (exact) mass is 352 g/mol. The van der Waals surface area contributed by atoms with Crippen molar-refractivity contribution in [1.29, 1.82) is 0 Å². The van der Waals surface area contributed by atoms with Crippen LogP contribution in [0.4, 0.5) is 13.2 Å². The minimum atomic E-state index is -4.38. The number of amides is 1. The third kappa shape index (κ3) is 3.97. The van der Waals surface area contributed by atoms with Gasteiger partial charge < -0.3 is 14.2 Å². The fourth-order valence-electron chi connectivity index (χ4n) is 2.96. The second kappa shape index (κ2) is 6.82. The van der Waals surface area contributed by atoms with Crippen LogP contribution < -0.4 is 4.74 Å². The largest absolute Gasteiger partial charge is 0.490 e. The quantitative estimate of drug-likeness (QED) is 0.844. The lowest BCUT2D eigenvalue weighted by Gasteiger charge is -2.32. The minimum Gasteiger partial charge on any atom is -0.490 e. The van der Waals surface area contributed by atoms with E-state index in [-0.39, 0.29) is 17.8 Å². The van der Waals surface area contributed by atoms with Crippen LogP contribution in [0.15, 0.2) is 42.6 Å². The molecule has 1 fully saturated rings. The van der Waals surface area contributed by atoms with Gasteiger partial charge in [0.2, 0.25) is 0 Å². The number of rotatable bonds is 3. The highest BCUT2D eigenvalue weighted by Crippen LogP contribution is 2.32. The molecule has 7 heteroatoms. The van der Waals surface area contributed by atoms with Crippen LogP contribution >= 0.6 is 0 Å². The van der Waals surface area contributed by atoms with E-state index >= 15 is 0 Å². The summed E-state index contributed by atoms with van der Waals surface area (Å²) >= 11 is 0. The average molecular weight is 352 g/mol. The molecule has 1 amide bonds. The van der Waals surface area contributed by atoms with Gasteiger partial charge in [0.15, 0.2) is 0 Å². The molecule has 3 rings (SSSR count). The molecular formula is C18H19F3N2O2. The van der Waals surface area contributed by atoms with Crippen LogP contribution in [0.3, 0.4) is 0 Å². The smallest absolute Gasteiger partial charge is 0.416 e. The van der Waals surface area contributed by atoms with Gasteiger partial charge in [-0.3, -0.25) is 4.79 Å². The summed E-state index contributed by atoms with van der Waals surface area (Å²) < 4.78 is 45.7. The van der Waals surface area contributed by atoms with Crippen molar-refractivity contribution in [1.82, 2.24) is 9.47 Å². The molecule has 1 aromatic heterocycles. The van der Waals surface area contributed by atoms with Gasteiger partial charge in [-0.2, -0.15) is 13.2 Å². The Morgan fingerprint density at radius 1 is 1.16 bits per heavy atom. The highest BCUT2D eigenvalue weighted by Gasteiger charge is 2.31. The number of likely N-dealkylation sites (tertiary alicyclic amines) is 1. The van der Waals surface area contributed by atoms with Gasteiger partial charge >= 0.3 is 6.18 Å². The predicted octanol–water partition coefficient (Wildman–Crippen LogP) is 3.73. The normalized spacial score (nSPS) is 16.1. The fourth-order valence-corrected chi connectivity index (χ4v) is 2.96. The second-order valence-electron chi connectivity index (χ2n) is 6.14. The van der Waals surface area contributed by atoms with E-state index in [0.717, 1.165) is 12.1 Å². The molecule has 0 atom stereocenters. The van der Waals surface area contributed by atoms with Crippen molar-refractivity contribution >= 4 is 5.91 Å². The van der Waals surface area contributed by atoms with E-state index in [2.05, 4.69) is 0 Å². The van der Waals surface area contributed by atoms with Crippen LogP contribution in [0, 0.1) is 0 Å². The Balaban J connectivity index is 1.58. The Kier molecular flexibility index (Phi) is 4.74. The van der Waals surface area contributed by atoms with Crippen LogP contribution in [0.1, 0.15) is 28.9 Å². The van der Waals surface area contributed by atoms with Gasteiger partial charge in [0.05, 0.1) is 5.56 Å². The molecule has 25 heavy (non-hydrogen) atoms. The van der Waals surface area contributed by atoms with Gasteiger partial charge in [-0.15, -0.1) is 0 Å². The zero-order chi connectivity index (χ0) is 18.0. The molecule has 0 radical (unpaired) electrons. The van der Waals surface area contributed by atoms with E-state index in [9.17, 15) is 18.0 Å².